The number of aromatic hydroxyl groups is 1. The summed E-state index contributed by atoms with van der Waals surface area (Å²) in [4.78, 5) is 28.1. The number of halogens is 5. The molecule has 0 spiro atoms. The molecule has 5 N–H and O–H groups in total. The first-order valence-corrected chi connectivity index (χ1v) is 12.1. The minimum Gasteiger partial charge on any atom is -0.508 e. The first-order chi connectivity index (χ1) is 19.5. The molecule has 1 atom stereocenters. The van der Waals surface area contributed by atoms with Gasteiger partial charge in [-0.25, -0.2) is 13.8 Å². The maximum absolute atomic E-state index is 14.6. The van der Waals surface area contributed by atoms with E-state index in [-0.39, 0.29) is 61.0 Å². The summed E-state index contributed by atoms with van der Waals surface area (Å²) in [5, 5.41) is 23.1. The Morgan fingerprint density at radius 3 is 2.66 bits per heavy atom. The molecule has 2 amide bonds. The lowest BCUT2D eigenvalue weighted by Gasteiger charge is -2.17. The van der Waals surface area contributed by atoms with E-state index in [1.54, 1.807) is 0 Å². The molecule has 0 bridgehead atoms. The van der Waals surface area contributed by atoms with Crippen LogP contribution in [-0.4, -0.2) is 54.6 Å². The zero-order valence-electron chi connectivity index (χ0n) is 21.1. The lowest BCUT2D eigenvalue weighted by atomic mass is 10.2. The topological polar surface area (TPSA) is 149 Å². The van der Waals surface area contributed by atoms with Gasteiger partial charge in [-0.1, -0.05) is 11.3 Å². The fraction of sp³-hybridized carbons (Fsp3) is 0.292. The van der Waals surface area contributed by atoms with E-state index in [1.165, 1.54) is 46.4 Å². The zero-order chi connectivity index (χ0) is 29.6. The number of phenolic OH excluding ortho intramolecular Hbond substituents is 1. The summed E-state index contributed by atoms with van der Waals surface area (Å²) in [6, 6.07) is 6.78. The molecular weight excluding hydrogens is 557 g/mol. The number of aryl methyl sites for hydroxylation is 1. The molecule has 1 aromatic carbocycles. The van der Waals surface area contributed by atoms with Crippen LogP contribution in [0.25, 0.3) is 0 Å². The quantitative estimate of drug-likeness (QED) is 0.213. The number of rotatable bonds is 11. The van der Waals surface area contributed by atoms with Crippen LogP contribution in [-0.2, 0) is 30.6 Å². The molecule has 4 rings (SSSR count). The van der Waals surface area contributed by atoms with Gasteiger partial charge in [0.15, 0.2) is 5.69 Å². The smallest absolute Gasteiger partial charge is 0.433 e. The van der Waals surface area contributed by atoms with E-state index in [9.17, 15) is 36.6 Å². The summed E-state index contributed by atoms with van der Waals surface area (Å²) in [7, 11) is 0. The van der Waals surface area contributed by atoms with Crippen LogP contribution in [0.4, 0.5) is 22.0 Å². The highest BCUT2D eigenvalue weighted by Crippen LogP contribution is 2.27. The van der Waals surface area contributed by atoms with Crippen molar-refractivity contribution in [3.63, 3.8) is 0 Å². The molecule has 0 saturated carbocycles. The van der Waals surface area contributed by atoms with Crippen molar-refractivity contribution < 1.29 is 36.6 Å². The van der Waals surface area contributed by atoms with Crippen LogP contribution in [0.1, 0.15) is 33.9 Å². The van der Waals surface area contributed by atoms with Gasteiger partial charge in [-0.3, -0.25) is 24.7 Å². The van der Waals surface area contributed by atoms with Crippen molar-refractivity contribution in [3.05, 3.63) is 83.0 Å². The van der Waals surface area contributed by atoms with Crippen LogP contribution < -0.4 is 21.6 Å². The van der Waals surface area contributed by atoms with Crippen molar-refractivity contribution in [3.8, 4) is 5.75 Å². The Bertz CT molecular complexity index is 1430. The summed E-state index contributed by atoms with van der Waals surface area (Å²) < 4.78 is 68.0. The molecule has 1 aliphatic rings. The van der Waals surface area contributed by atoms with Crippen LogP contribution in [0.3, 0.4) is 0 Å². The normalized spacial score (nSPS) is 13.9. The average Bonchev–Trinajstić information content (AvgIpc) is 3.61. The Labute approximate surface area is 229 Å². The second-order valence-electron chi connectivity index (χ2n) is 8.84. The number of hydrogen-bond acceptors (Lipinski definition) is 9. The Morgan fingerprint density at radius 1 is 1.10 bits per heavy atom. The Balaban J connectivity index is 1.20. The van der Waals surface area contributed by atoms with E-state index in [0.29, 0.717) is 0 Å². The molecule has 0 radical (unpaired) electrons. The van der Waals surface area contributed by atoms with Crippen LogP contribution in [0.5, 0.6) is 5.75 Å². The Kier molecular flexibility index (Phi) is 8.96. The van der Waals surface area contributed by atoms with E-state index >= 15 is 0 Å². The number of phenols is 1. The monoisotopic (exact) mass is 581 g/mol. The molecule has 1 unspecified atom stereocenters. The number of benzene rings is 1. The number of aromatic nitrogens is 4. The molecule has 0 aliphatic carbocycles. The first kappa shape index (κ1) is 29.2. The van der Waals surface area contributed by atoms with E-state index in [2.05, 4.69) is 36.9 Å². The molecule has 1 aliphatic heterocycles. The fourth-order valence-electron chi connectivity index (χ4n) is 3.62. The van der Waals surface area contributed by atoms with Crippen molar-refractivity contribution in [1.82, 2.24) is 46.6 Å². The van der Waals surface area contributed by atoms with E-state index in [4.69, 9.17) is 0 Å². The second-order valence-corrected chi connectivity index (χ2v) is 8.84. The van der Waals surface area contributed by atoms with Gasteiger partial charge in [0.1, 0.15) is 29.1 Å². The maximum atomic E-state index is 14.6. The minimum atomic E-state index is -4.61. The van der Waals surface area contributed by atoms with Gasteiger partial charge < -0.3 is 15.7 Å². The van der Waals surface area contributed by atoms with Gasteiger partial charge in [0.25, 0.3) is 11.8 Å². The maximum Gasteiger partial charge on any atom is 0.433 e. The van der Waals surface area contributed by atoms with Crippen molar-refractivity contribution >= 4 is 11.8 Å². The Morgan fingerprint density at radius 2 is 1.88 bits per heavy atom. The number of hydrogen-bond donors (Lipinski definition) is 5. The number of nitrogens with zero attached hydrogens (tertiary/aromatic N) is 5. The lowest BCUT2D eigenvalue weighted by molar-refractivity contribution is -0.141. The van der Waals surface area contributed by atoms with Gasteiger partial charge in [0, 0.05) is 31.3 Å². The molecule has 0 saturated heterocycles. The standard InChI is InChI=1S/C24H24F5N9O3/c25-15(6-7-37-12-19(33-35-37)22(40)30-9-14-8-17(39)4-5-18(14)26)11-38-13-20(34-36-38)23(41)31-10-16-2-1-3-21(32-16)24(27,28)29/h1-5,8,12-13,15,34,36,39H,6-7,9-11H2,(H,30,40)(H,31,41). The molecule has 2 aromatic heterocycles. The molecule has 218 valence electrons. The van der Waals surface area contributed by atoms with Crippen LogP contribution in [0.2, 0.25) is 0 Å². The molecule has 17 heteroatoms. The number of carbonyl (C=O) groups is 2. The molecule has 3 aromatic rings. The highest BCUT2D eigenvalue weighted by Gasteiger charge is 2.32. The predicted molar refractivity (Wildman–Crippen MR) is 131 cm³/mol. The Hall–Kier alpha value is -4.80. The van der Waals surface area contributed by atoms with Gasteiger partial charge in [-0.15, -0.1) is 10.6 Å². The summed E-state index contributed by atoms with van der Waals surface area (Å²) >= 11 is 0. The van der Waals surface area contributed by atoms with Crippen LogP contribution in [0, 0.1) is 5.82 Å². The third-order valence-corrected chi connectivity index (χ3v) is 5.70. The number of alkyl halides is 4. The third-order valence-electron chi connectivity index (χ3n) is 5.70. The fourth-order valence-corrected chi connectivity index (χ4v) is 3.62. The van der Waals surface area contributed by atoms with Crippen molar-refractivity contribution in [2.24, 2.45) is 0 Å². The number of nitrogens with one attached hydrogen (secondary N) is 4. The van der Waals surface area contributed by atoms with Gasteiger partial charge >= 0.3 is 6.18 Å². The summed E-state index contributed by atoms with van der Waals surface area (Å²) in [6.07, 6.45) is -3.42. The third kappa shape index (κ3) is 8.10. The van der Waals surface area contributed by atoms with Crippen molar-refractivity contribution in [1.29, 1.82) is 0 Å². The molecule has 0 fully saturated rings. The lowest BCUT2D eigenvalue weighted by Crippen LogP contribution is -2.41. The number of hydrazine groups is 2. The van der Waals surface area contributed by atoms with Crippen molar-refractivity contribution in [2.45, 2.75) is 38.4 Å². The largest absolute Gasteiger partial charge is 0.508 e. The van der Waals surface area contributed by atoms with E-state index in [1.807, 2.05) is 0 Å². The SMILES string of the molecule is O=C(NCc1cccc(C(F)(F)F)n1)C1=CN(CC(F)CCn2cc(C(=O)NCc3cc(O)ccc3F)nn2)NN1. The van der Waals surface area contributed by atoms with Gasteiger partial charge in [0.2, 0.25) is 0 Å². The number of pyridine rings is 1. The second kappa shape index (κ2) is 12.6. The van der Waals surface area contributed by atoms with Gasteiger partial charge in [-0.2, -0.15) is 13.2 Å². The van der Waals surface area contributed by atoms with Crippen LogP contribution in [0.15, 0.2) is 54.5 Å². The average molecular weight is 582 g/mol. The molecule has 3 heterocycles. The highest BCUT2D eigenvalue weighted by atomic mass is 19.4. The summed E-state index contributed by atoms with van der Waals surface area (Å²) in [5.41, 5.74) is 4.12. The number of amides is 2. The van der Waals surface area contributed by atoms with Crippen molar-refractivity contribution in [2.75, 3.05) is 6.54 Å². The van der Waals surface area contributed by atoms with Gasteiger partial charge in [-0.05, 0) is 30.3 Å². The van der Waals surface area contributed by atoms with Gasteiger partial charge in [0.05, 0.1) is 25.0 Å². The van der Waals surface area contributed by atoms with Crippen LogP contribution >= 0.6 is 0 Å². The summed E-state index contributed by atoms with van der Waals surface area (Å²) in [6.45, 7) is -0.537. The predicted octanol–water partition coefficient (Wildman–Crippen LogP) is 1.68. The summed E-state index contributed by atoms with van der Waals surface area (Å²) in [5.74, 6) is -2.03. The zero-order valence-corrected chi connectivity index (χ0v) is 21.1. The van der Waals surface area contributed by atoms with E-state index in [0.717, 1.165) is 12.1 Å². The van der Waals surface area contributed by atoms with E-state index < -0.39 is 35.7 Å². The minimum absolute atomic E-state index is 0.0135. The molecule has 12 nitrogen and oxygen atoms in total. The molecule has 41 heavy (non-hydrogen) atoms. The highest BCUT2D eigenvalue weighted by molar-refractivity contribution is 5.93. The first-order valence-electron chi connectivity index (χ1n) is 12.1. The number of carbonyl (C=O) groups excluding carboxylic acids is 2. The molecular formula is C24H24F5N9O3.